The van der Waals surface area contributed by atoms with E-state index in [4.69, 9.17) is 0 Å². The van der Waals surface area contributed by atoms with Crippen LogP contribution in [0, 0.1) is 0 Å². The molecule has 3 amide bonds. The molecule has 27 heavy (non-hydrogen) atoms. The molecule has 1 N–H and O–H groups in total. The molecule has 7 heteroatoms. The summed E-state index contributed by atoms with van der Waals surface area (Å²) < 4.78 is 0. The lowest BCUT2D eigenvalue weighted by atomic mass is 10.1. The summed E-state index contributed by atoms with van der Waals surface area (Å²) in [5.74, 6) is 0.0195. The fourth-order valence-corrected chi connectivity index (χ4v) is 4.22. The zero-order chi connectivity index (χ0) is 19.0. The summed E-state index contributed by atoms with van der Waals surface area (Å²) in [6, 6.07) is 7.18. The van der Waals surface area contributed by atoms with Crippen molar-refractivity contribution in [3.8, 4) is 0 Å². The highest BCUT2D eigenvalue weighted by Gasteiger charge is 2.47. The number of nitrogens with one attached hydrogen (secondary N) is 1. The third-order valence-corrected chi connectivity index (χ3v) is 5.53. The first-order valence-electron chi connectivity index (χ1n) is 9.36. The lowest BCUT2D eigenvalue weighted by Gasteiger charge is -2.35. The minimum absolute atomic E-state index is 0.00674. The molecule has 7 nitrogen and oxygen atoms in total. The molecule has 142 valence electrons. The largest absolute Gasteiger partial charge is 0.335 e. The van der Waals surface area contributed by atoms with Gasteiger partial charge in [0, 0.05) is 44.4 Å². The molecule has 0 spiro atoms. The number of fused-ring (bicyclic) bond motifs is 2. The minimum atomic E-state index is -0.139. The predicted octanol–water partition coefficient (Wildman–Crippen LogP) is 0.942. The van der Waals surface area contributed by atoms with Crippen molar-refractivity contribution in [2.45, 2.75) is 25.4 Å². The van der Waals surface area contributed by atoms with Crippen molar-refractivity contribution in [2.75, 3.05) is 38.0 Å². The van der Waals surface area contributed by atoms with Crippen LogP contribution >= 0.6 is 0 Å². The second-order valence-corrected chi connectivity index (χ2v) is 7.47. The van der Waals surface area contributed by atoms with Crippen molar-refractivity contribution in [1.82, 2.24) is 14.7 Å². The summed E-state index contributed by atoms with van der Waals surface area (Å²) in [4.78, 5) is 42.5. The number of benzene rings is 1. The zero-order valence-electron chi connectivity index (χ0n) is 15.4. The van der Waals surface area contributed by atoms with Crippen molar-refractivity contribution in [2.24, 2.45) is 0 Å². The fraction of sp³-hybridized carbons (Fsp3) is 0.450. The second kappa shape index (κ2) is 7.15. The van der Waals surface area contributed by atoms with Gasteiger partial charge in [-0.15, -0.1) is 0 Å². The van der Waals surface area contributed by atoms with Gasteiger partial charge in [-0.2, -0.15) is 0 Å². The number of amides is 3. The Balaban J connectivity index is 1.35. The topological polar surface area (TPSA) is 73.0 Å². The van der Waals surface area contributed by atoms with Crippen molar-refractivity contribution >= 4 is 23.4 Å². The molecular formula is C20H24N4O3. The smallest absolute Gasteiger partial charge is 0.254 e. The van der Waals surface area contributed by atoms with E-state index < -0.39 is 0 Å². The van der Waals surface area contributed by atoms with E-state index in [1.165, 1.54) is 6.92 Å². The first kappa shape index (κ1) is 17.7. The van der Waals surface area contributed by atoms with Crippen LogP contribution in [0.15, 0.2) is 36.4 Å². The number of hydrogen-bond acceptors (Lipinski definition) is 4. The normalized spacial score (nSPS) is 23.9. The van der Waals surface area contributed by atoms with Gasteiger partial charge in [0.05, 0.1) is 18.6 Å². The highest BCUT2D eigenvalue weighted by atomic mass is 16.2. The maximum absolute atomic E-state index is 12.8. The second-order valence-electron chi connectivity index (χ2n) is 7.47. The van der Waals surface area contributed by atoms with Crippen molar-refractivity contribution < 1.29 is 14.4 Å². The van der Waals surface area contributed by atoms with Gasteiger partial charge in [0.2, 0.25) is 11.8 Å². The Bertz CT molecular complexity index is 781. The van der Waals surface area contributed by atoms with E-state index in [0.717, 1.165) is 19.5 Å². The lowest BCUT2D eigenvalue weighted by molar-refractivity contribution is -0.134. The summed E-state index contributed by atoms with van der Waals surface area (Å²) >= 11 is 0. The van der Waals surface area contributed by atoms with E-state index >= 15 is 0 Å². The first-order chi connectivity index (χ1) is 13.0. The number of anilines is 1. The van der Waals surface area contributed by atoms with Gasteiger partial charge in [0.15, 0.2) is 0 Å². The zero-order valence-corrected chi connectivity index (χ0v) is 15.4. The van der Waals surface area contributed by atoms with Crippen LogP contribution in [0.4, 0.5) is 5.69 Å². The number of rotatable bonds is 4. The molecule has 0 saturated carbocycles. The summed E-state index contributed by atoms with van der Waals surface area (Å²) in [5, 5.41) is 2.70. The Morgan fingerprint density at radius 3 is 2.22 bits per heavy atom. The molecule has 3 aliphatic rings. The van der Waals surface area contributed by atoms with Gasteiger partial charge in [-0.05, 0) is 30.7 Å². The van der Waals surface area contributed by atoms with Gasteiger partial charge in [0.25, 0.3) is 5.91 Å². The van der Waals surface area contributed by atoms with Crippen molar-refractivity contribution in [3.05, 3.63) is 42.0 Å². The Morgan fingerprint density at radius 1 is 1.00 bits per heavy atom. The van der Waals surface area contributed by atoms with E-state index in [0.29, 0.717) is 30.9 Å². The van der Waals surface area contributed by atoms with Crippen LogP contribution in [-0.2, 0) is 9.59 Å². The maximum atomic E-state index is 12.8. The number of carbonyl (C=O) groups is 3. The molecule has 4 rings (SSSR count). The lowest BCUT2D eigenvalue weighted by Crippen LogP contribution is -2.52. The van der Waals surface area contributed by atoms with Crippen LogP contribution in [0.25, 0.3) is 0 Å². The Morgan fingerprint density at radius 2 is 1.63 bits per heavy atom. The summed E-state index contributed by atoms with van der Waals surface area (Å²) in [6.07, 6.45) is 5.03. The highest BCUT2D eigenvalue weighted by Crippen LogP contribution is 2.32. The van der Waals surface area contributed by atoms with E-state index in [2.05, 4.69) is 22.4 Å². The van der Waals surface area contributed by atoms with Crippen LogP contribution in [0.1, 0.15) is 23.7 Å². The molecule has 3 aliphatic heterocycles. The Hall–Kier alpha value is -2.67. The molecule has 0 aromatic heterocycles. The van der Waals surface area contributed by atoms with Gasteiger partial charge >= 0.3 is 0 Å². The molecule has 2 bridgehead atoms. The van der Waals surface area contributed by atoms with Gasteiger partial charge in [-0.3, -0.25) is 19.3 Å². The third kappa shape index (κ3) is 3.60. The van der Waals surface area contributed by atoms with E-state index in [1.807, 2.05) is 9.80 Å². The monoisotopic (exact) mass is 368 g/mol. The van der Waals surface area contributed by atoms with Gasteiger partial charge in [-0.1, -0.05) is 12.2 Å². The number of carbonyl (C=O) groups excluding carboxylic acids is 3. The standard InChI is InChI=1S/C20H24N4O3/c1-14(25)21-16-6-4-15(5-7-16)20(27)24-12-17-10-18(24)11-23(17)19(26)13-22-8-2-3-9-22/h2-7,17-18H,8-13H2,1H3,(H,21,25)/t17-,18-/m0/s1. The molecule has 2 saturated heterocycles. The van der Waals surface area contributed by atoms with Gasteiger partial charge in [-0.25, -0.2) is 0 Å². The van der Waals surface area contributed by atoms with E-state index in [1.54, 1.807) is 24.3 Å². The third-order valence-electron chi connectivity index (χ3n) is 5.53. The number of hydrogen-bond donors (Lipinski definition) is 1. The average Bonchev–Trinajstić information content (AvgIpc) is 3.38. The molecule has 0 aliphatic carbocycles. The van der Waals surface area contributed by atoms with E-state index in [9.17, 15) is 14.4 Å². The average molecular weight is 368 g/mol. The van der Waals surface area contributed by atoms with Crippen LogP contribution in [0.2, 0.25) is 0 Å². The molecule has 1 aromatic carbocycles. The van der Waals surface area contributed by atoms with Crippen LogP contribution in [-0.4, -0.2) is 77.2 Å². The molecular weight excluding hydrogens is 344 g/mol. The van der Waals surface area contributed by atoms with Crippen LogP contribution in [0.3, 0.4) is 0 Å². The molecule has 0 radical (unpaired) electrons. The molecule has 2 atom stereocenters. The van der Waals surface area contributed by atoms with Crippen molar-refractivity contribution in [1.29, 1.82) is 0 Å². The fourth-order valence-electron chi connectivity index (χ4n) is 4.22. The number of piperazine rings is 1. The quantitative estimate of drug-likeness (QED) is 0.803. The van der Waals surface area contributed by atoms with Gasteiger partial charge < -0.3 is 15.1 Å². The molecule has 3 heterocycles. The SMILES string of the molecule is CC(=O)Nc1ccc(C(=O)N2C[C@@H]3C[C@H]2CN3C(=O)CN2CC=CC2)cc1. The summed E-state index contributed by atoms with van der Waals surface area (Å²) in [7, 11) is 0. The number of likely N-dealkylation sites (tertiary alicyclic amines) is 2. The Labute approximate surface area is 158 Å². The van der Waals surface area contributed by atoms with Crippen molar-refractivity contribution in [3.63, 3.8) is 0 Å². The highest BCUT2D eigenvalue weighted by molar-refractivity contribution is 5.96. The summed E-state index contributed by atoms with van der Waals surface area (Å²) in [5.41, 5.74) is 1.29. The minimum Gasteiger partial charge on any atom is -0.335 e. The van der Waals surface area contributed by atoms with Crippen LogP contribution < -0.4 is 5.32 Å². The molecule has 0 unspecified atom stereocenters. The van der Waals surface area contributed by atoms with E-state index in [-0.39, 0.29) is 29.8 Å². The first-order valence-corrected chi connectivity index (χ1v) is 9.36. The predicted molar refractivity (Wildman–Crippen MR) is 101 cm³/mol. The van der Waals surface area contributed by atoms with Crippen LogP contribution in [0.5, 0.6) is 0 Å². The Kier molecular flexibility index (Phi) is 4.70. The van der Waals surface area contributed by atoms with Gasteiger partial charge in [0.1, 0.15) is 0 Å². The summed E-state index contributed by atoms with van der Waals surface area (Å²) in [6.45, 7) is 4.81. The maximum Gasteiger partial charge on any atom is 0.254 e. The number of nitrogens with zero attached hydrogens (tertiary/aromatic N) is 3. The molecule has 2 fully saturated rings. The molecule has 1 aromatic rings.